The van der Waals surface area contributed by atoms with E-state index >= 15 is 0 Å². The second-order valence-electron chi connectivity index (χ2n) is 17.4. The van der Waals surface area contributed by atoms with Crippen LogP contribution in [0.3, 0.4) is 0 Å². The standard InChI is InChI=1S/C47H48N4/c1-45(2,3)31-19-20-39-36(24-31)38-27-33(47(7,8)9)26-37(42(38)49-39)34-17-12-18-40-43(34)50-44(51(40)10)30-15-11-14-28(22-30)35-25-32(46(4,5)6)23-29-16-13-21-48-41(29)35/h11-27,49H,1-10H3. The van der Waals surface area contributed by atoms with E-state index in [0.717, 1.165) is 61.0 Å². The number of fused-ring (bicyclic) bond motifs is 5. The van der Waals surface area contributed by atoms with Gasteiger partial charge in [-0.15, -0.1) is 0 Å². The molecular formula is C47H48N4. The van der Waals surface area contributed by atoms with Crippen molar-refractivity contribution in [1.82, 2.24) is 19.5 Å². The van der Waals surface area contributed by atoms with Gasteiger partial charge in [0.1, 0.15) is 5.82 Å². The van der Waals surface area contributed by atoms with Crippen molar-refractivity contribution in [2.24, 2.45) is 7.05 Å². The highest BCUT2D eigenvalue weighted by Gasteiger charge is 2.24. The first kappa shape index (κ1) is 33.0. The van der Waals surface area contributed by atoms with E-state index in [4.69, 9.17) is 9.97 Å². The Balaban J connectivity index is 1.33. The Morgan fingerprint density at radius 3 is 1.96 bits per heavy atom. The Kier molecular flexibility index (Phi) is 7.36. The number of pyridine rings is 1. The Labute approximate surface area is 301 Å². The summed E-state index contributed by atoms with van der Waals surface area (Å²) in [5.74, 6) is 0.943. The minimum Gasteiger partial charge on any atom is -0.354 e. The van der Waals surface area contributed by atoms with Gasteiger partial charge in [0.2, 0.25) is 0 Å². The maximum absolute atomic E-state index is 5.45. The molecule has 3 aromatic heterocycles. The molecule has 0 saturated heterocycles. The molecule has 8 aromatic rings. The lowest BCUT2D eigenvalue weighted by atomic mass is 9.83. The van der Waals surface area contributed by atoms with Crippen LogP contribution in [-0.2, 0) is 23.3 Å². The van der Waals surface area contributed by atoms with Crippen LogP contribution in [0.1, 0.15) is 79.0 Å². The van der Waals surface area contributed by atoms with E-state index < -0.39 is 0 Å². The zero-order chi connectivity index (χ0) is 36.0. The Morgan fingerprint density at radius 2 is 1.22 bits per heavy atom. The lowest BCUT2D eigenvalue weighted by Gasteiger charge is -2.21. The van der Waals surface area contributed by atoms with Crippen LogP contribution in [0.5, 0.6) is 0 Å². The molecule has 0 bridgehead atoms. The molecule has 256 valence electrons. The number of H-pyrrole nitrogens is 1. The van der Waals surface area contributed by atoms with Crippen molar-refractivity contribution < 1.29 is 0 Å². The average molecular weight is 669 g/mol. The second-order valence-corrected chi connectivity index (χ2v) is 17.4. The summed E-state index contributed by atoms with van der Waals surface area (Å²) < 4.78 is 2.24. The lowest BCUT2D eigenvalue weighted by Crippen LogP contribution is -2.11. The van der Waals surface area contributed by atoms with Gasteiger partial charge in [0.05, 0.1) is 22.1 Å². The molecule has 0 spiro atoms. The van der Waals surface area contributed by atoms with Crippen LogP contribution in [-0.4, -0.2) is 19.5 Å². The molecule has 0 saturated carbocycles. The maximum atomic E-state index is 5.45. The van der Waals surface area contributed by atoms with E-state index in [2.05, 4.69) is 170 Å². The molecule has 3 heterocycles. The summed E-state index contributed by atoms with van der Waals surface area (Å²) in [4.78, 5) is 14.1. The van der Waals surface area contributed by atoms with Crippen molar-refractivity contribution in [2.75, 3.05) is 0 Å². The molecule has 0 aliphatic rings. The van der Waals surface area contributed by atoms with Crippen LogP contribution < -0.4 is 0 Å². The number of nitrogens with one attached hydrogen (secondary N) is 1. The molecule has 51 heavy (non-hydrogen) atoms. The number of hydrogen-bond donors (Lipinski definition) is 1. The fourth-order valence-electron chi connectivity index (χ4n) is 7.47. The first-order valence-corrected chi connectivity index (χ1v) is 18.1. The summed E-state index contributed by atoms with van der Waals surface area (Å²) in [5, 5.41) is 3.69. The smallest absolute Gasteiger partial charge is 0.140 e. The van der Waals surface area contributed by atoms with Gasteiger partial charge in [-0.1, -0.05) is 105 Å². The fourth-order valence-corrected chi connectivity index (χ4v) is 7.47. The molecule has 0 fully saturated rings. The molecule has 4 nitrogen and oxygen atoms in total. The van der Waals surface area contributed by atoms with Crippen LogP contribution in [0.2, 0.25) is 0 Å². The van der Waals surface area contributed by atoms with Gasteiger partial charge in [0.25, 0.3) is 0 Å². The summed E-state index contributed by atoms with van der Waals surface area (Å²) >= 11 is 0. The van der Waals surface area contributed by atoms with Crippen molar-refractivity contribution in [1.29, 1.82) is 0 Å². The van der Waals surface area contributed by atoms with Gasteiger partial charge in [0, 0.05) is 57.2 Å². The normalized spacial score (nSPS) is 12.9. The van der Waals surface area contributed by atoms with E-state index in [-0.39, 0.29) is 16.2 Å². The molecule has 0 aliphatic heterocycles. The summed E-state index contributed by atoms with van der Waals surface area (Å²) in [6.45, 7) is 20.6. The van der Waals surface area contributed by atoms with Crippen molar-refractivity contribution in [2.45, 2.75) is 78.6 Å². The number of rotatable bonds is 3. The molecule has 0 radical (unpaired) electrons. The first-order chi connectivity index (χ1) is 24.1. The highest BCUT2D eigenvalue weighted by molar-refractivity contribution is 6.14. The quantitative estimate of drug-likeness (QED) is 0.204. The molecule has 4 heteroatoms. The fraction of sp³-hybridized carbons (Fsp3) is 0.277. The maximum Gasteiger partial charge on any atom is 0.140 e. The van der Waals surface area contributed by atoms with Crippen LogP contribution in [0, 0.1) is 0 Å². The zero-order valence-electron chi connectivity index (χ0n) is 31.7. The topological polar surface area (TPSA) is 46.5 Å². The Morgan fingerprint density at radius 1 is 0.549 bits per heavy atom. The molecule has 0 atom stereocenters. The molecule has 5 aromatic carbocycles. The largest absolute Gasteiger partial charge is 0.354 e. The molecule has 8 rings (SSSR count). The predicted octanol–water partition coefficient (Wildman–Crippen LogP) is 12.6. The molecule has 0 aliphatic carbocycles. The summed E-state index contributed by atoms with van der Waals surface area (Å²) in [7, 11) is 2.14. The third kappa shape index (κ3) is 5.62. The number of aromatic nitrogens is 4. The highest BCUT2D eigenvalue weighted by Crippen LogP contribution is 2.42. The van der Waals surface area contributed by atoms with E-state index in [1.54, 1.807) is 0 Å². The van der Waals surface area contributed by atoms with Crippen LogP contribution in [0.15, 0.2) is 103 Å². The van der Waals surface area contributed by atoms with E-state index in [1.807, 2.05) is 12.3 Å². The average Bonchev–Trinajstić information content (AvgIpc) is 3.63. The summed E-state index contributed by atoms with van der Waals surface area (Å²) in [6, 6.07) is 35.9. The summed E-state index contributed by atoms with van der Waals surface area (Å²) in [5.41, 5.74) is 15.1. The number of aromatic amines is 1. The van der Waals surface area contributed by atoms with Crippen molar-refractivity contribution in [3.63, 3.8) is 0 Å². The monoisotopic (exact) mass is 668 g/mol. The van der Waals surface area contributed by atoms with Gasteiger partial charge >= 0.3 is 0 Å². The molecular weight excluding hydrogens is 621 g/mol. The van der Waals surface area contributed by atoms with E-state index in [9.17, 15) is 0 Å². The highest BCUT2D eigenvalue weighted by atomic mass is 15.1. The van der Waals surface area contributed by atoms with Gasteiger partial charge in [-0.05, 0) is 93.1 Å². The van der Waals surface area contributed by atoms with Crippen molar-refractivity contribution >= 4 is 43.7 Å². The van der Waals surface area contributed by atoms with Crippen molar-refractivity contribution in [3.05, 3.63) is 120 Å². The number of benzene rings is 5. The van der Waals surface area contributed by atoms with Crippen molar-refractivity contribution in [3.8, 4) is 33.6 Å². The van der Waals surface area contributed by atoms with Gasteiger partial charge in [0.15, 0.2) is 0 Å². The Hall–Kier alpha value is -5.22. The summed E-state index contributed by atoms with van der Waals surface area (Å²) in [6.07, 6.45) is 1.89. The zero-order valence-corrected chi connectivity index (χ0v) is 31.7. The van der Waals surface area contributed by atoms with Gasteiger partial charge < -0.3 is 9.55 Å². The van der Waals surface area contributed by atoms with Gasteiger partial charge in [-0.3, -0.25) is 4.98 Å². The van der Waals surface area contributed by atoms with Crippen LogP contribution >= 0.6 is 0 Å². The lowest BCUT2D eigenvalue weighted by molar-refractivity contribution is 0.590. The van der Waals surface area contributed by atoms with Crippen LogP contribution in [0.25, 0.3) is 77.4 Å². The number of hydrogen-bond acceptors (Lipinski definition) is 2. The predicted molar refractivity (Wildman–Crippen MR) is 218 cm³/mol. The molecule has 0 unspecified atom stereocenters. The third-order valence-electron chi connectivity index (χ3n) is 10.6. The minimum absolute atomic E-state index is 0.0137. The molecule has 0 amide bonds. The first-order valence-electron chi connectivity index (χ1n) is 18.1. The number of para-hydroxylation sites is 1. The van der Waals surface area contributed by atoms with Gasteiger partial charge in [-0.2, -0.15) is 0 Å². The number of aryl methyl sites for hydroxylation is 1. The van der Waals surface area contributed by atoms with E-state index in [0.29, 0.717) is 0 Å². The number of imidazole rings is 1. The second kappa shape index (κ2) is 11.4. The Bertz CT molecular complexity index is 2650. The van der Waals surface area contributed by atoms with Gasteiger partial charge in [-0.25, -0.2) is 4.98 Å². The third-order valence-corrected chi connectivity index (χ3v) is 10.6. The minimum atomic E-state index is -0.0267. The molecule has 1 N–H and O–H groups in total. The number of nitrogens with zero attached hydrogens (tertiary/aromatic N) is 3. The SMILES string of the molecule is Cn1c(-c2cccc(-c3cc(C(C)(C)C)cc4cccnc34)c2)nc2c(-c3cc(C(C)(C)C)cc4c3[nH]c3ccc(C(C)(C)C)cc34)cccc21. The van der Waals surface area contributed by atoms with Crippen LogP contribution in [0.4, 0.5) is 0 Å². The van der Waals surface area contributed by atoms with E-state index in [1.165, 1.54) is 33.0 Å².